The lowest BCUT2D eigenvalue weighted by molar-refractivity contribution is 0.106. The number of hydrogen-bond acceptors (Lipinski definition) is 4. The molecule has 1 rings (SSSR count). The Kier molecular flexibility index (Phi) is 7.11. The molecular formula is C15H25NO3Si. The van der Waals surface area contributed by atoms with Crippen LogP contribution in [-0.2, 0) is 19.8 Å². The zero-order valence-corrected chi connectivity index (χ0v) is 13.8. The smallest absolute Gasteiger partial charge is 0.376 e. The largest absolute Gasteiger partial charge is 0.518 e. The predicted molar refractivity (Wildman–Crippen MR) is 84.2 cm³/mol. The van der Waals surface area contributed by atoms with Crippen molar-refractivity contribution in [3.8, 4) is 0 Å². The van der Waals surface area contributed by atoms with E-state index in [2.05, 4.69) is 31.0 Å². The molecule has 1 aromatic carbocycles. The fourth-order valence-electron chi connectivity index (χ4n) is 2.32. The quantitative estimate of drug-likeness (QED) is 0.711. The first-order valence-corrected chi connectivity index (χ1v) is 8.56. The normalized spacial score (nSPS) is 13.2. The monoisotopic (exact) mass is 295 g/mol. The van der Waals surface area contributed by atoms with E-state index in [1.807, 2.05) is 18.2 Å². The van der Waals surface area contributed by atoms with Crippen molar-refractivity contribution in [1.29, 1.82) is 0 Å². The maximum absolute atomic E-state index is 5.55. The van der Waals surface area contributed by atoms with Crippen LogP contribution in [-0.4, -0.2) is 35.8 Å². The lowest BCUT2D eigenvalue weighted by Gasteiger charge is -2.32. The van der Waals surface area contributed by atoms with Crippen LogP contribution in [0.25, 0.3) is 6.08 Å². The molecule has 0 aliphatic carbocycles. The molecule has 1 atom stereocenters. The third-order valence-corrected chi connectivity index (χ3v) is 6.68. The summed E-state index contributed by atoms with van der Waals surface area (Å²) < 4.78 is 16.6. The van der Waals surface area contributed by atoms with E-state index in [0.29, 0.717) is 0 Å². The average molecular weight is 295 g/mol. The molecule has 112 valence electrons. The van der Waals surface area contributed by atoms with Gasteiger partial charge in [0, 0.05) is 27.9 Å². The summed E-state index contributed by atoms with van der Waals surface area (Å²) in [6.07, 6.45) is 2.74. The van der Waals surface area contributed by atoms with E-state index in [0.717, 1.165) is 18.5 Å². The van der Waals surface area contributed by atoms with E-state index in [1.165, 1.54) is 5.56 Å². The molecule has 0 spiro atoms. The molecule has 1 N–H and O–H groups in total. The molecular weight excluding hydrogens is 270 g/mol. The third-order valence-electron chi connectivity index (χ3n) is 3.50. The van der Waals surface area contributed by atoms with Crippen molar-refractivity contribution in [1.82, 2.24) is 5.32 Å². The molecule has 4 nitrogen and oxygen atoms in total. The molecule has 0 heterocycles. The maximum Gasteiger partial charge on any atom is 0.518 e. The van der Waals surface area contributed by atoms with Crippen molar-refractivity contribution in [2.24, 2.45) is 0 Å². The highest BCUT2D eigenvalue weighted by Gasteiger charge is 2.46. The molecule has 0 amide bonds. The second kappa shape index (κ2) is 8.34. The third kappa shape index (κ3) is 3.77. The molecule has 1 aromatic rings. The van der Waals surface area contributed by atoms with Gasteiger partial charge in [0.25, 0.3) is 0 Å². The fourth-order valence-corrected chi connectivity index (χ4v) is 4.53. The molecule has 0 aliphatic heterocycles. The molecule has 0 radical (unpaired) electrons. The summed E-state index contributed by atoms with van der Waals surface area (Å²) >= 11 is 0. The van der Waals surface area contributed by atoms with Gasteiger partial charge in [-0.05, 0) is 17.5 Å². The van der Waals surface area contributed by atoms with E-state index in [-0.39, 0.29) is 5.67 Å². The summed E-state index contributed by atoms with van der Waals surface area (Å²) in [5, 5.41) is 3.49. The number of nitrogens with one attached hydrogen (secondary N) is 1. The highest BCUT2D eigenvalue weighted by atomic mass is 28.4. The highest BCUT2D eigenvalue weighted by Crippen LogP contribution is 2.16. The first-order valence-electron chi connectivity index (χ1n) is 6.76. The highest BCUT2D eigenvalue weighted by molar-refractivity contribution is 6.62. The zero-order valence-electron chi connectivity index (χ0n) is 12.8. The van der Waals surface area contributed by atoms with Gasteiger partial charge in [-0.25, -0.2) is 0 Å². The summed E-state index contributed by atoms with van der Waals surface area (Å²) in [6.45, 7) is 6.66. The summed E-state index contributed by atoms with van der Waals surface area (Å²) in [7, 11) is 2.26. The molecule has 0 bridgehead atoms. The number of hydrogen-bond donors (Lipinski definition) is 1. The lowest BCUT2D eigenvalue weighted by atomic mass is 10.1. The Labute approximate surface area is 123 Å². The van der Waals surface area contributed by atoms with Gasteiger partial charge in [0.2, 0.25) is 0 Å². The van der Waals surface area contributed by atoms with Crippen LogP contribution in [0.4, 0.5) is 0 Å². The van der Waals surface area contributed by atoms with E-state index in [1.54, 1.807) is 21.3 Å². The van der Waals surface area contributed by atoms with E-state index >= 15 is 0 Å². The van der Waals surface area contributed by atoms with Gasteiger partial charge < -0.3 is 18.6 Å². The number of rotatable bonds is 9. The van der Waals surface area contributed by atoms with Gasteiger partial charge in [-0.15, -0.1) is 0 Å². The Morgan fingerprint density at radius 1 is 1.20 bits per heavy atom. The second-order valence-electron chi connectivity index (χ2n) is 4.46. The van der Waals surface area contributed by atoms with Gasteiger partial charge >= 0.3 is 8.80 Å². The van der Waals surface area contributed by atoms with Gasteiger partial charge in [0.1, 0.15) is 0 Å². The van der Waals surface area contributed by atoms with Crippen molar-refractivity contribution in [2.75, 3.05) is 21.3 Å². The van der Waals surface area contributed by atoms with Crippen molar-refractivity contribution >= 4 is 14.9 Å². The summed E-state index contributed by atoms with van der Waals surface area (Å²) in [5.74, 6) is 0. The van der Waals surface area contributed by atoms with Gasteiger partial charge in [-0.3, -0.25) is 0 Å². The van der Waals surface area contributed by atoms with Crippen LogP contribution in [0.1, 0.15) is 24.5 Å². The zero-order chi connectivity index (χ0) is 15.0. The molecule has 0 fully saturated rings. The Morgan fingerprint density at radius 3 is 2.30 bits per heavy atom. The molecule has 0 aliphatic rings. The summed E-state index contributed by atoms with van der Waals surface area (Å²) in [6, 6.07) is 8.18. The fraction of sp³-hybridized carbons (Fsp3) is 0.467. The minimum atomic E-state index is -2.67. The van der Waals surface area contributed by atoms with E-state index < -0.39 is 8.80 Å². The Bertz CT molecular complexity index is 413. The van der Waals surface area contributed by atoms with Crippen LogP contribution < -0.4 is 5.32 Å². The molecule has 0 saturated heterocycles. The molecule has 5 heteroatoms. The van der Waals surface area contributed by atoms with Crippen LogP contribution in [0.15, 0.2) is 30.8 Å². The van der Waals surface area contributed by atoms with Crippen molar-refractivity contribution in [2.45, 2.75) is 25.6 Å². The van der Waals surface area contributed by atoms with Crippen molar-refractivity contribution in [3.63, 3.8) is 0 Å². The van der Waals surface area contributed by atoms with Gasteiger partial charge in [-0.1, -0.05) is 43.8 Å². The van der Waals surface area contributed by atoms with Gasteiger partial charge in [-0.2, -0.15) is 0 Å². The van der Waals surface area contributed by atoms with Crippen LogP contribution in [0.3, 0.4) is 0 Å². The molecule has 0 saturated carbocycles. The Hall–Kier alpha value is -0.983. The lowest BCUT2D eigenvalue weighted by Crippen LogP contribution is -2.60. The van der Waals surface area contributed by atoms with Gasteiger partial charge in [0.15, 0.2) is 0 Å². The minimum Gasteiger partial charge on any atom is -0.376 e. The topological polar surface area (TPSA) is 39.7 Å². The average Bonchev–Trinajstić information content (AvgIpc) is 2.52. The number of benzene rings is 1. The maximum atomic E-state index is 5.55. The SMILES string of the molecule is C=Cc1ccccc1CNC(CC)[Si](OC)(OC)OC. The van der Waals surface area contributed by atoms with Crippen LogP contribution in [0.2, 0.25) is 0 Å². The van der Waals surface area contributed by atoms with E-state index in [4.69, 9.17) is 13.3 Å². The van der Waals surface area contributed by atoms with Crippen LogP contribution in [0, 0.1) is 0 Å². The minimum absolute atomic E-state index is 0.0559. The van der Waals surface area contributed by atoms with Crippen molar-refractivity contribution in [3.05, 3.63) is 42.0 Å². The summed E-state index contributed by atoms with van der Waals surface area (Å²) in [5.41, 5.74) is 2.39. The predicted octanol–water partition coefficient (Wildman–Crippen LogP) is 2.62. The van der Waals surface area contributed by atoms with Crippen molar-refractivity contribution < 1.29 is 13.3 Å². The second-order valence-corrected chi connectivity index (χ2v) is 7.59. The first kappa shape index (κ1) is 17.1. The van der Waals surface area contributed by atoms with Crippen LogP contribution in [0.5, 0.6) is 0 Å². The molecule has 20 heavy (non-hydrogen) atoms. The molecule has 1 unspecified atom stereocenters. The van der Waals surface area contributed by atoms with Crippen LogP contribution >= 0.6 is 0 Å². The Morgan fingerprint density at radius 2 is 1.80 bits per heavy atom. The van der Waals surface area contributed by atoms with Gasteiger partial charge in [0.05, 0.1) is 5.67 Å². The Balaban J connectivity index is 2.81. The first-order chi connectivity index (χ1) is 9.67. The van der Waals surface area contributed by atoms with E-state index in [9.17, 15) is 0 Å². The summed E-state index contributed by atoms with van der Waals surface area (Å²) in [4.78, 5) is 0. The standard InChI is InChI=1S/C15H25NO3Si/c1-6-13-10-8-9-11-14(13)12-16-15(7-2)20(17-3,18-4)19-5/h6,8-11,15-16H,1,7,12H2,2-5H3. The molecule has 0 aromatic heterocycles.